The quantitative estimate of drug-likeness (QED) is 0.798. The fourth-order valence-electron chi connectivity index (χ4n) is 2.13. The highest BCUT2D eigenvalue weighted by molar-refractivity contribution is 7.22. The molecule has 3 rings (SSSR count). The van der Waals surface area contributed by atoms with Crippen molar-refractivity contribution in [1.82, 2.24) is 4.98 Å². The summed E-state index contributed by atoms with van der Waals surface area (Å²) in [5, 5.41) is 0.400. The van der Waals surface area contributed by atoms with Gasteiger partial charge in [-0.2, -0.15) is 0 Å². The van der Waals surface area contributed by atoms with Gasteiger partial charge in [-0.1, -0.05) is 11.3 Å². The predicted molar refractivity (Wildman–Crippen MR) is 70.7 cm³/mol. The summed E-state index contributed by atoms with van der Waals surface area (Å²) in [6, 6.07) is 2.01. The van der Waals surface area contributed by atoms with Gasteiger partial charge in [-0.25, -0.2) is 13.8 Å². The van der Waals surface area contributed by atoms with E-state index in [4.69, 9.17) is 11.6 Å². The zero-order valence-corrected chi connectivity index (χ0v) is 11.3. The third-order valence-corrected chi connectivity index (χ3v) is 4.52. The molecule has 0 bridgehead atoms. The van der Waals surface area contributed by atoms with E-state index in [0.717, 1.165) is 17.4 Å². The molecule has 100 valence electrons. The highest BCUT2D eigenvalue weighted by atomic mass is 35.5. The molecular weight excluding hydrogens is 294 g/mol. The number of rotatable bonds is 2. The van der Waals surface area contributed by atoms with Crippen LogP contribution in [0.2, 0.25) is 0 Å². The maximum atomic E-state index is 13.6. The number of fused-ring (bicyclic) bond motifs is 1. The van der Waals surface area contributed by atoms with Crippen molar-refractivity contribution in [1.29, 1.82) is 0 Å². The number of carbonyl (C=O) groups is 1. The third kappa shape index (κ3) is 2.19. The highest BCUT2D eigenvalue weighted by Gasteiger charge is 2.32. The van der Waals surface area contributed by atoms with E-state index >= 15 is 0 Å². The summed E-state index contributed by atoms with van der Waals surface area (Å²) in [4.78, 5) is 17.4. The molecule has 0 N–H and O–H groups in total. The molecule has 0 aliphatic carbocycles. The molecule has 1 unspecified atom stereocenters. The summed E-state index contributed by atoms with van der Waals surface area (Å²) in [7, 11) is 0. The molecule has 1 amide bonds. The Balaban J connectivity index is 2.02. The smallest absolute Gasteiger partial charge is 0.229 e. The number of benzene rings is 1. The average Bonchev–Trinajstić information content (AvgIpc) is 2.92. The fraction of sp³-hybridized carbons (Fsp3) is 0.333. The van der Waals surface area contributed by atoms with Crippen LogP contribution in [-0.2, 0) is 4.79 Å². The molecule has 2 heterocycles. The monoisotopic (exact) mass is 302 g/mol. The van der Waals surface area contributed by atoms with Crippen LogP contribution < -0.4 is 4.90 Å². The Hall–Kier alpha value is -1.27. The van der Waals surface area contributed by atoms with E-state index in [-0.39, 0.29) is 17.3 Å². The van der Waals surface area contributed by atoms with Gasteiger partial charge in [0.15, 0.2) is 10.9 Å². The molecule has 7 heteroatoms. The van der Waals surface area contributed by atoms with Crippen LogP contribution in [-0.4, -0.2) is 23.3 Å². The first-order chi connectivity index (χ1) is 9.08. The predicted octanol–water partition coefficient (Wildman–Crippen LogP) is 3.17. The van der Waals surface area contributed by atoms with Crippen molar-refractivity contribution in [2.24, 2.45) is 5.92 Å². The van der Waals surface area contributed by atoms with Crippen molar-refractivity contribution in [3.05, 3.63) is 23.8 Å². The normalized spacial score (nSPS) is 19.6. The van der Waals surface area contributed by atoms with Crippen LogP contribution in [0, 0.1) is 17.6 Å². The van der Waals surface area contributed by atoms with Crippen LogP contribution >= 0.6 is 22.9 Å². The van der Waals surface area contributed by atoms with Gasteiger partial charge in [0.2, 0.25) is 5.91 Å². The van der Waals surface area contributed by atoms with E-state index in [1.165, 1.54) is 11.0 Å². The Bertz CT molecular complexity index is 660. The van der Waals surface area contributed by atoms with Crippen LogP contribution in [0.5, 0.6) is 0 Å². The van der Waals surface area contributed by atoms with E-state index in [2.05, 4.69) is 4.98 Å². The van der Waals surface area contributed by atoms with Crippen molar-refractivity contribution in [2.45, 2.75) is 6.42 Å². The average molecular weight is 303 g/mol. The number of hydrogen-bond acceptors (Lipinski definition) is 3. The Morgan fingerprint density at radius 3 is 2.95 bits per heavy atom. The minimum atomic E-state index is -0.710. The zero-order valence-electron chi connectivity index (χ0n) is 9.70. The Kier molecular flexibility index (Phi) is 3.14. The van der Waals surface area contributed by atoms with Crippen LogP contribution in [0.3, 0.4) is 0 Å². The van der Waals surface area contributed by atoms with Crippen molar-refractivity contribution in [3.63, 3.8) is 0 Å². The first-order valence-electron chi connectivity index (χ1n) is 5.70. The summed E-state index contributed by atoms with van der Waals surface area (Å²) in [5.74, 6) is -0.950. The summed E-state index contributed by atoms with van der Waals surface area (Å²) in [5.41, 5.74) is 0.100. The lowest BCUT2D eigenvalue weighted by molar-refractivity contribution is -0.117. The summed E-state index contributed by atoms with van der Waals surface area (Å²) >= 11 is 6.86. The third-order valence-electron chi connectivity index (χ3n) is 3.06. The van der Waals surface area contributed by atoms with Crippen LogP contribution in [0.4, 0.5) is 13.9 Å². The number of thiazole rings is 1. The molecule has 0 saturated carbocycles. The Morgan fingerprint density at radius 1 is 1.47 bits per heavy atom. The SMILES string of the molecule is O=C1CC(CCl)CN1c1nc2c(F)cc(F)cc2s1. The van der Waals surface area contributed by atoms with E-state index in [1.807, 2.05) is 0 Å². The van der Waals surface area contributed by atoms with Crippen molar-refractivity contribution in [3.8, 4) is 0 Å². The molecule has 1 aliphatic heterocycles. The number of halogens is 3. The maximum absolute atomic E-state index is 13.6. The topological polar surface area (TPSA) is 33.2 Å². The molecule has 0 radical (unpaired) electrons. The minimum absolute atomic E-state index is 0.0782. The molecule has 3 nitrogen and oxygen atoms in total. The van der Waals surface area contributed by atoms with Crippen molar-refractivity contribution >= 4 is 44.2 Å². The van der Waals surface area contributed by atoms with Gasteiger partial charge in [0.05, 0.1) is 4.70 Å². The molecule has 1 saturated heterocycles. The van der Waals surface area contributed by atoms with Gasteiger partial charge in [0.1, 0.15) is 11.3 Å². The molecule has 1 fully saturated rings. The molecule has 19 heavy (non-hydrogen) atoms. The Morgan fingerprint density at radius 2 is 2.26 bits per heavy atom. The largest absolute Gasteiger partial charge is 0.288 e. The van der Waals surface area contributed by atoms with E-state index in [0.29, 0.717) is 28.7 Å². The molecule has 1 aromatic carbocycles. The van der Waals surface area contributed by atoms with Crippen LogP contribution in [0.25, 0.3) is 10.2 Å². The van der Waals surface area contributed by atoms with E-state index < -0.39 is 11.6 Å². The van der Waals surface area contributed by atoms with E-state index in [9.17, 15) is 13.6 Å². The van der Waals surface area contributed by atoms with Gasteiger partial charge in [-0.05, 0) is 12.0 Å². The number of alkyl halides is 1. The number of anilines is 1. The van der Waals surface area contributed by atoms with Gasteiger partial charge in [-0.3, -0.25) is 9.69 Å². The number of hydrogen-bond donors (Lipinski definition) is 0. The fourth-order valence-corrected chi connectivity index (χ4v) is 3.37. The van der Waals surface area contributed by atoms with Crippen molar-refractivity contribution in [2.75, 3.05) is 17.3 Å². The summed E-state index contributed by atoms with van der Waals surface area (Å²) < 4.78 is 27.1. The lowest BCUT2D eigenvalue weighted by Crippen LogP contribution is -2.24. The number of amides is 1. The van der Waals surface area contributed by atoms with Gasteiger partial charge < -0.3 is 0 Å². The minimum Gasteiger partial charge on any atom is -0.288 e. The Labute approximate surface area is 116 Å². The van der Waals surface area contributed by atoms with Gasteiger partial charge in [-0.15, -0.1) is 11.6 Å². The first-order valence-corrected chi connectivity index (χ1v) is 7.05. The molecule has 2 aromatic rings. The van der Waals surface area contributed by atoms with Gasteiger partial charge in [0, 0.05) is 24.9 Å². The standard InChI is InChI=1S/C12H9ClF2N2OS/c13-4-6-1-10(18)17(5-6)12-16-11-8(15)2-7(14)3-9(11)19-12/h2-3,6H,1,4-5H2. The van der Waals surface area contributed by atoms with Crippen LogP contribution in [0.15, 0.2) is 12.1 Å². The second kappa shape index (κ2) is 4.68. The molecule has 1 atom stereocenters. The molecule has 1 aromatic heterocycles. The molecular formula is C12H9ClF2N2OS. The zero-order chi connectivity index (χ0) is 13.6. The lowest BCUT2D eigenvalue weighted by Gasteiger charge is -2.11. The van der Waals surface area contributed by atoms with E-state index in [1.54, 1.807) is 0 Å². The molecule has 1 aliphatic rings. The van der Waals surface area contributed by atoms with Crippen molar-refractivity contribution < 1.29 is 13.6 Å². The summed E-state index contributed by atoms with van der Waals surface area (Å²) in [6.45, 7) is 0.478. The summed E-state index contributed by atoms with van der Waals surface area (Å²) in [6.07, 6.45) is 0.371. The number of carbonyl (C=O) groups excluding carboxylic acids is 1. The second-order valence-corrected chi connectivity index (χ2v) is 5.78. The number of nitrogens with zero attached hydrogens (tertiary/aromatic N) is 2. The van der Waals surface area contributed by atoms with Gasteiger partial charge in [0.25, 0.3) is 0 Å². The number of aromatic nitrogens is 1. The highest BCUT2D eigenvalue weighted by Crippen LogP contribution is 2.34. The first kappa shape index (κ1) is 12.7. The second-order valence-electron chi connectivity index (χ2n) is 4.46. The molecule has 0 spiro atoms. The van der Waals surface area contributed by atoms with Gasteiger partial charge >= 0.3 is 0 Å². The van der Waals surface area contributed by atoms with Crippen LogP contribution in [0.1, 0.15) is 6.42 Å². The lowest BCUT2D eigenvalue weighted by atomic mass is 10.2. The maximum Gasteiger partial charge on any atom is 0.229 e.